The number of carbonyl (C=O) groups is 1. The molecular formula is C22H35N3O4. The number of piperidine rings is 1. The number of aromatic nitrogens is 2. The largest absolute Gasteiger partial charge is 0.381 e. The lowest BCUT2D eigenvalue weighted by Gasteiger charge is -2.31. The fraction of sp³-hybridized carbons (Fsp3) is 0.864. The Balaban J connectivity index is 1.20. The predicted molar refractivity (Wildman–Crippen MR) is 107 cm³/mol. The van der Waals surface area contributed by atoms with Gasteiger partial charge in [0, 0.05) is 45.8 Å². The number of carbonyl (C=O) groups excluding carboxylic acids is 1. The maximum atomic E-state index is 12.7. The minimum atomic E-state index is 0.167. The Morgan fingerprint density at radius 3 is 2.72 bits per heavy atom. The molecule has 4 rings (SSSR count). The van der Waals surface area contributed by atoms with Crippen molar-refractivity contribution in [2.24, 2.45) is 11.8 Å². The third-order valence-electron chi connectivity index (χ3n) is 6.71. The average Bonchev–Trinajstić information content (AvgIpc) is 3.44. The first-order chi connectivity index (χ1) is 14.3. The van der Waals surface area contributed by atoms with Crippen molar-refractivity contribution in [1.82, 2.24) is 15.0 Å². The van der Waals surface area contributed by atoms with Gasteiger partial charge in [-0.25, -0.2) is 0 Å². The third kappa shape index (κ3) is 6.01. The van der Waals surface area contributed by atoms with Crippen molar-refractivity contribution in [3.63, 3.8) is 0 Å². The van der Waals surface area contributed by atoms with Gasteiger partial charge in [-0.1, -0.05) is 18.0 Å². The number of rotatable bonds is 8. The highest BCUT2D eigenvalue weighted by atomic mass is 16.5. The maximum Gasteiger partial charge on any atom is 0.231 e. The lowest BCUT2D eigenvalue weighted by atomic mass is 9.96. The van der Waals surface area contributed by atoms with Crippen LogP contribution in [0, 0.1) is 11.8 Å². The second-order valence-electron chi connectivity index (χ2n) is 8.96. The minimum absolute atomic E-state index is 0.167. The molecule has 1 atom stereocenters. The number of hydrogen-bond acceptors (Lipinski definition) is 6. The highest BCUT2D eigenvalue weighted by molar-refractivity contribution is 5.76. The molecule has 0 N–H and O–H groups in total. The summed E-state index contributed by atoms with van der Waals surface area (Å²) < 4.78 is 16.7. The molecule has 0 aromatic carbocycles. The Morgan fingerprint density at radius 1 is 1.07 bits per heavy atom. The maximum absolute atomic E-state index is 12.7. The molecule has 2 saturated heterocycles. The van der Waals surface area contributed by atoms with Crippen molar-refractivity contribution in [1.29, 1.82) is 0 Å². The van der Waals surface area contributed by atoms with Gasteiger partial charge in [-0.15, -0.1) is 0 Å². The van der Waals surface area contributed by atoms with Crippen molar-refractivity contribution >= 4 is 5.91 Å². The van der Waals surface area contributed by atoms with Gasteiger partial charge in [0.25, 0.3) is 0 Å². The van der Waals surface area contributed by atoms with Crippen molar-refractivity contribution in [3.05, 3.63) is 11.7 Å². The fourth-order valence-corrected chi connectivity index (χ4v) is 4.86. The molecule has 1 aliphatic carbocycles. The van der Waals surface area contributed by atoms with Gasteiger partial charge in [0.15, 0.2) is 5.82 Å². The summed E-state index contributed by atoms with van der Waals surface area (Å²) in [4.78, 5) is 19.3. The van der Waals surface area contributed by atoms with Crippen LogP contribution in [0.1, 0.15) is 75.4 Å². The number of likely N-dealkylation sites (tertiary alicyclic amines) is 1. The quantitative estimate of drug-likeness (QED) is 0.617. The molecule has 1 aromatic heterocycles. The molecule has 1 aromatic rings. The van der Waals surface area contributed by atoms with Gasteiger partial charge in [-0.2, -0.15) is 4.98 Å². The molecule has 3 fully saturated rings. The Labute approximate surface area is 173 Å². The summed E-state index contributed by atoms with van der Waals surface area (Å²) in [6.45, 7) is 4.69. The molecule has 0 bridgehead atoms. The standard InChI is InChI=1S/C22H35N3O4/c26-21(14-17-4-1-2-5-17)25-10-3-6-19(15-25)22-23-20(24-29-22)9-13-28-16-18-7-11-27-12-8-18/h17-19H,1-16H2. The van der Waals surface area contributed by atoms with Crippen LogP contribution in [0.25, 0.3) is 0 Å². The van der Waals surface area contributed by atoms with E-state index < -0.39 is 0 Å². The molecule has 2 aliphatic heterocycles. The second kappa shape index (κ2) is 10.5. The summed E-state index contributed by atoms with van der Waals surface area (Å²) in [7, 11) is 0. The molecule has 7 heteroatoms. The lowest BCUT2D eigenvalue weighted by Crippen LogP contribution is -2.39. The van der Waals surface area contributed by atoms with Crippen LogP contribution in [-0.4, -0.2) is 60.5 Å². The molecule has 7 nitrogen and oxygen atoms in total. The number of hydrogen-bond donors (Lipinski definition) is 0. The van der Waals surface area contributed by atoms with E-state index in [4.69, 9.17) is 14.0 Å². The Bertz CT molecular complexity index is 638. The van der Waals surface area contributed by atoms with Crippen LogP contribution in [0.4, 0.5) is 0 Å². The molecule has 3 aliphatic rings. The van der Waals surface area contributed by atoms with E-state index in [1.165, 1.54) is 25.7 Å². The van der Waals surface area contributed by atoms with Crippen LogP contribution in [0.2, 0.25) is 0 Å². The van der Waals surface area contributed by atoms with Gasteiger partial charge in [-0.3, -0.25) is 4.79 Å². The fourth-order valence-electron chi connectivity index (χ4n) is 4.86. The van der Waals surface area contributed by atoms with Crippen LogP contribution >= 0.6 is 0 Å². The molecule has 0 spiro atoms. The van der Waals surface area contributed by atoms with Crippen molar-refractivity contribution in [2.45, 2.75) is 70.1 Å². The van der Waals surface area contributed by atoms with Gasteiger partial charge in [0.2, 0.25) is 11.8 Å². The van der Waals surface area contributed by atoms with Gasteiger partial charge < -0.3 is 18.9 Å². The van der Waals surface area contributed by atoms with E-state index in [2.05, 4.69) is 10.1 Å². The summed E-state index contributed by atoms with van der Waals surface area (Å²) in [5.41, 5.74) is 0. The highest BCUT2D eigenvalue weighted by Gasteiger charge is 2.30. The van der Waals surface area contributed by atoms with E-state index in [-0.39, 0.29) is 5.92 Å². The van der Waals surface area contributed by atoms with Gasteiger partial charge in [-0.05, 0) is 50.4 Å². The Hall–Kier alpha value is -1.47. The number of amides is 1. The van der Waals surface area contributed by atoms with Gasteiger partial charge in [0.1, 0.15) is 0 Å². The summed E-state index contributed by atoms with van der Waals surface area (Å²) in [5, 5.41) is 4.14. The van der Waals surface area contributed by atoms with E-state index in [0.717, 1.165) is 52.0 Å². The van der Waals surface area contributed by atoms with Crippen molar-refractivity contribution in [3.8, 4) is 0 Å². The minimum Gasteiger partial charge on any atom is -0.381 e. The number of ether oxygens (including phenoxy) is 2. The smallest absolute Gasteiger partial charge is 0.231 e. The molecule has 162 valence electrons. The predicted octanol–water partition coefficient (Wildman–Crippen LogP) is 3.34. The average molecular weight is 406 g/mol. The zero-order chi connectivity index (χ0) is 19.9. The highest BCUT2D eigenvalue weighted by Crippen LogP contribution is 2.30. The molecule has 1 saturated carbocycles. The molecule has 3 heterocycles. The zero-order valence-electron chi connectivity index (χ0n) is 17.5. The summed E-state index contributed by atoms with van der Waals surface area (Å²) in [6, 6.07) is 0. The summed E-state index contributed by atoms with van der Waals surface area (Å²) >= 11 is 0. The Morgan fingerprint density at radius 2 is 1.90 bits per heavy atom. The zero-order valence-corrected chi connectivity index (χ0v) is 17.5. The van der Waals surface area contributed by atoms with E-state index in [1.54, 1.807) is 0 Å². The van der Waals surface area contributed by atoms with E-state index in [0.29, 0.717) is 55.5 Å². The monoisotopic (exact) mass is 405 g/mol. The number of nitrogens with zero attached hydrogens (tertiary/aromatic N) is 3. The van der Waals surface area contributed by atoms with Crippen LogP contribution in [0.15, 0.2) is 4.52 Å². The first kappa shape index (κ1) is 20.8. The van der Waals surface area contributed by atoms with E-state index in [1.807, 2.05) is 4.90 Å². The van der Waals surface area contributed by atoms with Gasteiger partial charge >= 0.3 is 0 Å². The first-order valence-corrected chi connectivity index (χ1v) is 11.5. The van der Waals surface area contributed by atoms with E-state index in [9.17, 15) is 4.79 Å². The molecule has 29 heavy (non-hydrogen) atoms. The van der Waals surface area contributed by atoms with Crippen LogP contribution in [0.3, 0.4) is 0 Å². The summed E-state index contributed by atoms with van der Waals surface area (Å²) in [5.74, 6) is 3.08. The summed E-state index contributed by atoms with van der Waals surface area (Å²) in [6.07, 6.45) is 10.6. The van der Waals surface area contributed by atoms with Crippen LogP contribution in [0.5, 0.6) is 0 Å². The SMILES string of the molecule is O=C(CC1CCCC1)N1CCCC(c2nc(CCOCC3CCOCC3)no2)C1. The molecular weight excluding hydrogens is 370 g/mol. The second-order valence-corrected chi connectivity index (χ2v) is 8.96. The Kier molecular flexibility index (Phi) is 7.55. The molecule has 0 radical (unpaired) electrons. The van der Waals surface area contributed by atoms with Crippen molar-refractivity contribution < 1.29 is 18.8 Å². The molecule has 1 unspecified atom stereocenters. The normalized spacial score (nSPS) is 24.3. The van der Waals surface area contributed by atoms with Crippen molar-refractivity contribution in [2.75, 3.05) is 39.5 Å². The first-order valence-electron chi connectivity index (χ1n) is 11.5. The lowest BCUT2D eigenvalue weighted by molar-refractivity contribution is -0.133. The van der Waals surface area contributed by atoms with Crippen LogP contribution in [-0.2, 0) is 20.7 Å². The van der Waals surface area contributed by atoms with Crippen LogP contribution < -0.4 is 0 Å². The van der Waals surface area contributed by atoms with E-state index >= 15 is 0 Å². The molecule has 1 amide bonds. The third-order valence-corrected chi connectivity index (χ3v) is 6.71. The topological polar surface area (TPSA) is 77.7 Å². The van der Waals surface area contributed by atoms with Gasteiger partial charge in [0.05, 0.1) is 12.5 Å².